The number of aromatic nitrogens is 1. The molecule has 1 N–H and O–H groups in total. The van der Waals surface area contributed by atoms with Crippen molar-refractivity contribution < 1.29 is 4.74 Å². The van der Waals surface area contributed by atoms with Crippen LogP contribution in [0.2, 0.25) is 5.02 Å². The fraction of sp³-hybridized carbons (Fsp3) is 0.214. The van der Waals surface area contributed by atoms with E-state index >= 15 is 0 Å². The molecule has 0 bridgehead atoms. The Labute approximate surface area is 116 Å². The highest BCUT2D eigenvalue weighted by molar-refractivity contribution is 6.30. The van der Waals surface area contributed by atoms with E-state index in [1.807, 2.05) is 6.07 Å². The number of nitrogens with one attached hydrogen (secondary N) is 1. The minimum Gasteiger partial charge on any atom is -0.495 e. The molecule has 0 aliphatic rings. The van der Waals surface area contributed by atoms with Crippen molar-refractivity contribution in [2.75, 3.05) is 19.0 Å². The van der Waals surface area contributed by atoms with Crippen LogP contribution in [-0.4, -0.2) is 18.2 Å². The molecule has 0 fully saturated rings. The van der Waals surface area contributed by atoms with Crippen LogP contribution >= 0.6 is 11.6 Å². The Hall–Kier alpha value is -1.94. The topological polar surface area (TPSA) is 43.3 Å². The van der Waals surface area contributed by atoms with Crippen molar-refractivity contribution in [2.45, 2.75) is 6.54 Å². The van der Waals surface area contributed by atoms with E-state index in [0.717, 1.165) is 11.4 Å². The molecule has 5 heteroatoms. The molecule has 1 aromatic carbocycles. The lowest BCUT2D eigenvalue weighted by Gasteiger charge is -2.12. The van der Waals surface area contributed by atoms with Gasteiger partial charge in [0, 0.05) is 30.4 Å². The summed E-state index contributed by atoms with van der Waals surface area (Å²) in [7, 11) is 1.61. The number of anilines is 1. The molecule has 2 rings (SSSR count). The highest BCUT2D eigenvalue weighted by Gasteiger charge is 2.03. The van der Waals surface area contributed by atoms with Crippen molar-refractivity contribution in [1.82, 2.24) is 4.57 Å². The molecule has 0 atom stereocenters. The third-order valence-electron chi connectivity index (χ3n) is 2.73. The SMILES string of the molecule is COc1ccc(Cl)cc1NCCn1ccccc1=O. The molecule has 1 heterocycles. The van der Waals surface area contributed by atoms with Gasteiger partial charge in [0.25, 0.3) is 5.56 Å². The van der Waals surface area contributed by atoms with E-state index in [1.165, 1.54) is 0 Å². The third kappa shape index (κ3) is 3.51. The summed E-state index contributed by atoms with van der Waals surface area (Å²) in [6.07, 6.45) is 1.76. The minimum absolute atomic E-state index is 0.0117. The Morgan fingerprint density at radius 2 is 2.16 bits per heavy atom. The van der Waals surface area contributed by atoms with Crippen LogP contribution in [0.4, 0.5) is 5.69 Å². The van der Waals surface area contributed by atoms with Crippen molar-refractivity contribution in [2.24, 2.45) is 0 Å². The number of halogens is 1. The van der Waals surface area contributed by atoms with Crippen molar-refractivity contribution >= 4 is 17.3 Å². The van der Waals surface area contributed by atoms with Gasteiger partial charge < -0.3 is 14.6 Å². The van der Waals surface area contributed by atoms with Gasteiger partial charge in [-0.3, -0.25) is 4.79 Å². The number of nitrogens with zero attached hydrogens (tertiary/aromatic N) is 1. The van der Waals surface area contributed by atoms with Crippen LogP contribution in [0.25, 0.3) is 0 Å². The zero-order chi connectivity index (χ0) is 13.7. The van der Waals surface area contributed by atoms with Gasteiger partial charge in [-0.2, -0.15) is 0 Å². The Morgan fingerprint density at radius 1 is 1.32 bits per heavy atom. The van der Waals surface area contributed by atoms with Crippen LogP contribution in [0.3, 0.4) is 0 Å². The van der Waals surface area contributed by atoms with E-state index < -0.39 is 0 Å². The van der Waals surface area contributed by atoms with Crippen LogP contribution in [-0.2, 0) is 6.54 Å². The molecule has 0 saturated carbocycles. The summed E-state index contributed by atoms with van der Waals surface area (Å²) in [5.74, 6) is 0.727. The lowest BCUT2D eigenvalue weighted by molar-refractivity contribution is 0.416. The van der Waals surface area contributed by atoms with E-state index in [0.29, 0.717) is 18.1 Å². The summed E-state index contributed by atoms with van der Waals surface area (Å²) < 4.78 is 6.88. The minimum atomic E-state index is -0.0117. The van der Waals surface area contributed by atoms with Crippen LogP contribution in [0.1, 0.15) is 0 Å². The monoisotopic (exact) mass is 278 g/mol. The maximum atomic E-state index is 11.5. The molecular weight excluding hydrogens is 264 g/mol. The number of hydrogen-bond donors (Lipinski definition) is 1. The van der Waals surface area contributed by atoms with E-state index in [4.69, 9.17) is 16.3 Å². The van der Waals surface area contributed by atoms with Crippen molar-refractivity contribution in [1.29, 1.82) is 0 Å². The highest BCUT2D eigenvalue weighted by Crippen LogP contribution is 2.27. The predicted octanol–water partition coefficient (Wildman–Crippen LogP) is 2.62. The first-order valence-electron chi connectivity index (χ1n) is 5.93. The molecule has 0 aliphatic carbocycles. The molecule has 0 aliphatic heterocycles. The van der Waals surface area contributed by atoms with Crippen molar-refractivity contribution in [3.05, 3.63) is 58.0 Å². The van der Waals surface area contributed by atoms with Crippen LogP contribution in [0, 0.1) is 0 Å². The Balaban J connectivity index is 2.02. The smallest absolute Gasteiger partial charge is 0.250 e. The molecule has 0 spiro atoms. The summed E-state index contributed by atoms with van der Waals surface area (Å²) in [6, 6.07) is 10.5. The first-order valence-corrected chi connectivity index (χ1v) is 6.31. The average molecular weight is 279 g/mol. The first kappa shape index (κ1) is 13.5. The van der Waals surface area contributed by atoms with Gasteiger partial charge in [-0.05, 0) is 24.3 Å². The van der Waals surface area contributed by atoms with Gasteiger partial charge in [-0.1, -0.05) is 17.7 Å². The lowest BCUT2D eigenvalue weighted by atomic mass is 10.3. The molecule has 2 aromatic rings. The fourth-order valence-corrected chi connectivity index (χ4v) is 1.95. The second-order valence-electron chi connectivity index (χ2n) is 4.00. The van der Waals surface area contributed by atoms with Crippen LogP contribution in [0.15, 0.2) is 47.4 Å². The molecule has 19 heavy (non-hydrogen) atoms. The van der Waals surface area contributed by atoms with Gasteiger partial charge in [0.15, 0.2) is 0 Å². The molecule has 0 radical (unpaired) electrons. The molecule has 4 nitrogen and oxygen atoms in total. The summed E-state index contributed by atoms with van der Waals surface area (Å²) >= 11 is 5.94. The molecule has 100 valence electrons. The standard InChI is InChI=1S/C14H15ClN2O2/c1-19-13-6-5-11(15)10-12(13)16-7-9-17-8-3-2-4-14(17)18/h2-6,8,10,16H,7,9H2,1H3. The molecule has 1 aromatic heterocycles. The van der Waals surface area contributed by atoms with Gasteiger partial charge in [-0.15, -0.1) is 0 Å². The maximum absolute atomic E-state index is 11.5. The van der Waals surface area contributed by atoms with Gasteiger partial charge >= 0.3 is 0 Å². The molecule has 0 amide bonds. The molecular formula is C14H15ClN2O2. The first-order chi connectivity index (χ1) is 9.20. The summed E-state index contributed by atoms with van der Waals surface area (Å²) in [4.78, 5) is 11.5. The van der Waals surface area contributed by atoms with Gasteiger partial charge in [0.2, 0.25) is 0 Å². The summed E-state index contributed by atoms with van der Waals surface area (Å²) in [5, 5.41) is 3.85. The number of methoxy groups -OCH3 is 1. The lowest BCUT2D eigenvalue weighted by Crippen LogP contribution is -2.22. The van der Waals surface area contributed by atoms with Gasteiger partial charge in [0.1, 0.15) is 5.75 Å². The largest absolute Gasteiger partial charge is 0.495 e. The Kier molecular flexibility index (Phi) is 4.47. The normalized spacial score (nSPS) is 10.2. The quantitative estimate of drug-likeness (QED) is 0.914. The fourth-order valence-electron chi connectivity index (χ4n) is 1.77. The average Bonchev–Trinajstić information content (AvgIpc) is 2.41. The van der Waals surface area contributed by atoms with E-state index in [1.54, 1.807) is 48.2 Å². The third-order valence-corrected chi connectivity index (χ3v) is 2.96. The van der Waals surface area contributed by atoms with E-state index in [2.05, 4.69) is 5.32 Å². The predicted molar refractivity (Wildman–Crippen MR) is 77.2 cm³/mol. The zero-order valence-electron chi connectivity index (χ0n) is 10.6. The number of hydrogen-bond acceptors (Lipinski definition) is 3. The summed E-state index contributed by atoms with van der Waals surface area (Å²) in [6.45, 7) is 1.19. The zero-order valence-corrected chi connectivity index (χ0v) is 11.4. The molecule has 0 unspecified atom stereocenters. The van der Waals surface area contributed by atoms with E-state index in [9.17, 15) is 4.79 Å². The second kappa shape index (κ2) is 6.29. The Morgan fingerprint density at radius 3 is 2.89 bits per heavy atom. The van der Waals surface area contributed by atoms with Gasteiger partial charge in [0.05, 0.1) is 12.8 Å². The van der Waals surface area contributed by atoms with Gasteiger partial charge in [-0.25, -0.2) is 0 Å². The second-order valence-corrected chi connectivity index (χ2v) is 4.44. The number of benzene rings is 1. The Bertz CT molecular complexity index is 610. The van der Waals surface area contributed by atoms with Crippen molar-refractivity contribution in [3.8, 4) is 5.75 Å². The molecule has 0 saturated heterocycles. The highest BCUT2D eigenvalue weighted by atomic mass is 35.5. The maximum Gasteiger partial charge on any atom is 0.250 e. The van der Waals surface area contributed by atoms with Crippen molar-refractivity contribution in [3.63, 3.8) is 0 Å². The van der Waals surface area contributed by atoms with E-state index in [-0.39, 0.29) is 5.56 Å². The number of pyridine rings is 1. The van der Waals surface area contributed by atoms with Crippen LogP contribution in [0.5, 0.6) is 5.75 Å². The summed E-state index contributed by atoms with van der Waals surface area (Å²) in [5.41, 5.74) is 0.807. The number of rotatable bonds is 5. The number of ether oxygens (including phenoxy) is 1. The van der Waals surface area contributed by atoms with Crippen LogP contribution < -0.4 is 15.6 Å².